The van der Waals surface area contributed by atoms with E-state index in [2.05, 4.69) is 11.8 Å². The number of amides is 1. The average molecular weight is 321 g/mol. The van der Waals surface area contributed by atoms with Crippen molar-refractivity contribution < 1.29 is 13.2 Å². The van der Waals surface area contributed by atoms with Crippen LogP contribution in [-0.4, -0.2) is 37.6 Å². The highest BCUT2D eigenvalue weighted by Gasteiger charge is 2.41. The second-order valence-corrected chi connectivity index (χ2v) is 8.93. The third-order valence-corrected chi connectivity index (χ3v) is 5.41. The molecule has 1 unspecified atom stereocenters. The Balaban J connectivity index is 1.75. The molecule has 0 N–H and O–H groups in total. The van der Waals surface area contributed by atoms with E-state index in [0.29, 0.717) is 23.6 Å². The molecule has 0 aromatic heterocycles. The summed E-state index contributed by atoms with van der Waals surface area (Å²) < 4.78 is 22.6. The third kappa shape index (κ3) is 3.69. The number of carbonyl (C=O) groups is 1. The maximum absolute atomic E-state index is 12.8. The zero-order chi connectivity index (χ0) is 15.9. The predicted molar refractivity (Wildman–Crippen MR) is 86.4 cm³/mol. The van der Waals surface area contributed by atoms with Crippen molar-refractivity contribution in [1.82, 2.24) is 4.90 Å². The highest BCUT2D eigenvalue weighted by atomic mass is 32.2. The molecule has 0 bridgehead atoms. The molecule has 120 valence electrons. The topological polar surface area (TPSA) is 54.5 Å². The molecule has 1 atom stereocenters. The number of benzene rings is 1. The second kappa shape index (κ2) is 5.69. The smallest absolute Gasteiger partial charge is 0.254 e. The maximum Gasteiger partial charge on any atom is 0.254 e. The Morgan fingerprint density at radius 1 is 1.18 bits per heavy atom. The van der Waals surface area contributed by atoms with Crippen LogP contribution >= 0.6 is 0 Å². The van der Waals surface area contributed by atoms with E-state index >= 15 is 0 Å². The van der Waals surface area contributed by atoms with Gasteiger partial charge in [-0.05, 0) is 56.2 Å². The minimum atomic E-state index is -3.04. The lowest BCUT2D eigenvalue weighted by atomic mass is 10.1. The summed E-state index contributed by atoms with van der Waals surface area (Å²) in [6, 6.07) is 7.74. The predicted octanol–water partition coefficient (Wildman–Crippen LogP) is 2.63. The van der Waals surface area contributed by atoms with Gasteiger partial charge in [-0.1, -0.05) is 12.1 Å². The molecule has 4 nitrogen and oxygen atoms in total. The third-order valence-electron chi connectivity index (χ3n) is 4.55. The fourth-order valence-corrected chi connectivity index (χ4v) is 3.84. The number of carbonyl (C=O) groups excluding carboxylic acids is 1. The summed E-state index contributed by atoms with van der Waals surface area (Å²) in [6.45, 7) is 2.16. The van der Waals surface area contributed by atoms with Crippen molar-refractivity contribution >= 4 is 15.7 Å². The SMILES string of the molecule is CC(C1CC1)N(C(=O)c1ccc(CS(C)(=O)=O)cc1)C1CC1. The summed E-state index contributed by atoms with van der Waals surface area (Å²) in [4.78, 5) is 14.9. The molecule has 0 spiro atoms. The summed E-state index contributed by atoms with van der Waals surface area (Å²) in [7, 11) is -3.04. The number of sulfone groups is 1. The molecule has 2 aliphatic carbocycles. The first kappa shape index (κ1) is 15.5. The van der Waals surface area contributed by atoms with Crippen LogP contribution in [0.5, 0.6) is 0 Å². The average Bonchev–Trinajstić information content (AvgIpc) is 3.30. The minimum Gasteiger partial charge on any atom is -0.333 e. The van der Waals surface area contributed by atoms with Gasteiger partial charge in [0.2, 0.25) is 0 Å². The number of hydrogen-bond acceptors (Lipinski definition) is 3. The van der Waals surface area contributed by atoms with Crippen LogP contribution in [0.25, 0.3) is 0 Å². The molecule has 0 radical (unpaired) electrons. The molecule has 22 heavy (non-hydrogen) atoms. The van der Waals surface area contributed by atoms with Crippen LogP contribution < -0.4 is 0 Å². The van der Waals surface area contributed by atoms with Crippen LogP contribution in [0.2, 0.25) is 0 Å². The molecular weight excluding hydrogens is 298 g/mol. The number of rotatable bonds is 6. The van der Waals surface area contributed by atoms with Crippen molar-refractivity contribution in [3.05, 3.63) is 35.4 Å². The lowest BCUT2D eigenvalue weighted by Crippen LogP contribution is -2.41. The molecule has 0 heterocycles. The zero-order valence-corrected chi connectivity index (χ0v) is 14.0. The molecule has 5 heteroatoms. The maximum atomic E-state index is 12.8. The first-order valence-corrected chi connectivity index (χ1v) is 10.0. The number of hydrogen-bond donors (Lipinski definition) is 0. The highest BCUT2D eigenvalue weighted by molar-refractivity contribution is 7.89. The van der Waals surface area contributed by atoms with Gasteiger partial charge in [0.05, 0.1) is 5.75 Å². The van der Waals surface area contributed by atoms with Gasteiger partial charge >= 0.3 is 0 Å². The summed E-state index contributed by atoms with van der Waals surface area (Å²) in [5, 5.41) is 0. The Labute approximate surface area is 132 Å². The van der Waals surface area contributed by atoms with E-state index in [1.165, 1.54) is 19.1 Å². The summed E-state index contributed by atoms with van der Waals surface area (Å²) in [5.74, 6) is 0.772. The Morgan fingerprint density at radius 2 is 1.77 bits per heavy atom. The van der Waals surface area contributed by atoms with E-state index in [1.54, 1.807) is 24.3 Å². The lowest BCUT2D eigenvalue weighted by molar-refractivity contribution is 0.0654. The Kier molecular flexibility index (Phi) is 4.02. The molecule has 2 saturated carbocycles. The van der Waals surface area contributed by atoms with Gasteiger partial charge in [0, 0.05) is 23.9 Å². The van der Waals surface area contributed by atoms with Crippen molar-refractivity contribution in [2.75, 3.05) is 6.26 Å². The van der Waals surface area contributed by atoms with Gasteiger partial charge in [-0.15, -0.1) is 0 Å². The quantitative estimate of drug-likeness (QED) is 0.809. The second-order valence-electron chi connectivity index (χ2n) is 6.79. The normalized spacial score (nSPS) is 19.7. The van der Waals surface area contributed by atoms with Crippen molar-refractivity contribution in [2.24, 2.45) is 5.92 Å². The Morgan fingerprint density at radius 3 is 2.23 bits per heavy atom. The van der Waals surface area contributed by atoms with E-state index in [-0.39, 0.29) is 11.7 Å². The molecule has 1 aromatic rings. The van der Waals surface area contributed by atoms with E-state index in [4.69, 9.17) is 0 Å². The first-order chi connectivity index (χ1) is 10.3. The van der Waals surface area contributed by atoms with Crippen molar-refractivity contribution in [3.8, 4) is 0 Å². The van der Waals surface area contributed by atoms with Gasteiger partial charge in [0.1, 0.15) is 0 Å². The molecule has 1 aromatic carbocycles. The van der Waals surface area contributed by atoms with Crippen molar-refractivity contribution in [2.45, 2.75) is 50.4 Å². The summed E-state index contributed by atoms with van der Waals surface area (Å²) in [6.07, 6.45) is 5.89. The zero-order valence-electron chi connectivity index (χ0n) is 13.2. The summed E-state index contributed by atoms with van der Waals surface area (Å²) in [5.41, 5.74) is 1.39. The van der Waals surface area contributed by atoms with Gasteiger partial charge in [-0.25, -0.2) is 8.42 Å². The van der Waals surface area contributed by atoms with E-state index in [9.17, 15) is 13.2 Å². The van der Waals surface area contributed by atoms with Crippen LogP contribution in [-0.2, 0) is 15.6 Å². The highest BCUT2D eigenvalue weighted by Crippen LogP contribution is 2.40. The van der Waals surface area contributed by atoms with Crippen LogP contribution in [0.1, 0.15) is 48.5 Å². The Hall–Kier alpha value is -1.36. The van der Waals surface area contributed by atoms with Crippen LogP contribution in [0, 0.1) is 5.92 Å². The van der Waals surface area contributed by atoms with Crippen LogP contribution in [0.15, 0.2) is 24.3 Å². The molecule has 2 fully saturated rings. The van der Waals surface area contributed by atoms with Gasteiger partial charge in [0.25, 0.3) is 5.91 Å². The molecule has 3 rings (SSSR count). The first-order valence-electron chi connectivity index (χ1n) is 7.94. The fourth-order valence-electron chi connectivity index (χ4n) is 3.04. The largest absolute Gasteiger partial charge is 0.333 e. The van der Waals surface area contributed by atoms with E-state index in [0.717, 1.165) is 18.4 Å². The van der Waals surface area contributed by atoms with E-state index in [1.807, 2.05) is 0 Å². The van der Waals surface area contributed by atoms with Gasteiger partial charge in [-0.3, -0.25) is 4.79 Å². The van der Waals surface area contributed by atoms with E-state index < -0.39 is 9.84 Å². The molecule has 0 aliphatic heterocycles. The van der Waals surface area contributed by atoms with Gasteiger partial charge < -0.3 is 4.90 Å². The van der Waals surface area contributed by atoms with Crippen molar-refractivity contribution in [3.63, 3.8) is 0 Å². The summed E-state index contributed by atoms with van der Waals surface area (Å²) >= 11 is 0. The monoisotopic (exact) mass is 321 g/mol. The molecule has 2 aliphatic rings. The fraction of sp³-hybridized carbons (Fsp3) is 0.588. The van der Waals surface area contributed by atoms with Gasteiger partial charge in [-0.2, -0.15) is 0 Å². The van der Waals surface area contributed by atoms with Crippen molar-refractivity contribution in [1.29, 1.82) is 0 Å². The molecule has 1 amide bonds. The molecule has 0 saturated heterocycles. The van der Waals surface area contributed by atoms with Crippen LogP contribution in [0.4, 0.5) is 0 Å². The van der Waals surface area contributed by atoms with Gasteiger partial charge in [0.15, 0.2) is 9.84 Å². The van der Waals surface area contributed by atoms with Crippen LogP contribution in [0.3, 0.4) is 0 Å². The minimum absolute atomic E-state index is 0.0201. The standard InChI is InChI=1S/C17H23NO3S/c1-12(14-7-8-14)18(16-9-10-16)17(19)15-5-3-13(4-6-15)11-22(2,20)21/h3-6,12,14,16H,7-11H2,1-2H3. The Bertz CT molecular complexity index is 658. The number of nitrogens with zero attached hydrogens (tertiary/aromatic N) is 1. The lowest BCUT2D eigenvalue weighted by Gasteiger charge is -2.29. The molecular formula is C17H23NO3S.